The summed E-state index contributed by atoms with van der Waals surface area (Å²) in [6.45, 7) is 1.30. The van der Waals surface area contributed by atoms with E-state index in [1.807, 2.05) is 30.3 Å². The van der Waals surface area contributed by atoms with E-state index in [1.54, 1.807) is 12.3 Å². The lowest BCUT2D eigenvalue weighted by Gasteiger charge is -2.15. The van der Waals surface area contributed by atoms with Crippen LogP contribution in [0, 0.1) is 0 Å². The molecule has 1 amide bonds. The third kappa shape index (κ3) is 5.72. The molecule has 0 saturated heterocycles. The summed E-state index contributed by atoms with van der Waals surface area (Å²) in [6, 6.07) is 12.3. The Kier molecular flexibility index (Phi) is 8.69. The lowest BCUT2D eigenvalue weighted by Crippen LogP contribution is -2.22. The molecule has 0 fully saturated rings. The fourth-order valence-electron chi connectivity index (χ4n) is 3.32. The van der Waals surface area contributed by atoms with Crippen molar-refractivity contribution in [3.8, 4) is 28.4 Å². The highest BCUT2D eigenvalue weighted by atomic mass is 32.1. The molecule has 0 unspecified atom stereocenters. The Labute approximate surface area is 206 Å². The van der Waals surface area contributed by atoms with Gasteiger partial charge in [0.1, 0.15) is 16.1 Å². The van der Waals surface area contributed by atoms with Crippen LogP contribution >= 0.6 is 11.3 Å². The zero-order valence-electron chi connectivity index (χ0n) is 19.7. The number of ether oxygens (including phenoxy) is 5. The number of rotatable bonds is 10. The summed E-state index contributed by atoms with van der Waals surface area (Å²) in [5.74, 6) is -1.26. The Hall–Kier alpha value is -4.05. The van der Waals surface area contributed by atoms with E-state index in [2.05, 4.69) is 5.32 Å². The average Bonchev–Trinajstić information content (AvgIpc) is 3.30. The molecule has 0 aliphatic rings. The summed E-state index contributed by atoms with van der Waals surface area (Å²) >= 11 is 1.18. The average molecular weight is 500 g/mol. The van der Waals surface area contributed by atoms with Gasteiger partial charge in [0.2, 0.25) is 5.75 Å². The number of hydrogen-bond acceptors (Lipinski definition) is 9. The molecule has 2 aromatic carbocycles. The van der Waals surface area contributed by atoms with Gasteiger partial charge in [0, 0.05) is 10.9 Å². The first-order chi connectivity index (χ1) is 16.9. The largest absolute Gasteiger partial charge is 0.493 e. The molecule has 3 aromatic rings. The number of benzene rings is 2. The molecule has 10 heteroatoms. The standard InChI is InChI=1S/C25H25NO8S/c1-5-33-25(29)20-17(15-9-7-6-8-10-15)14-35-23(20)26-19(27)13-34-24(28)16-11-12-18(30-2)22(32-4)21(16)31-3/h6-12,14H,5,13H2,1-4H3,(H,26,27). The quantitative estimate of drug-likeness (QED) is 0.409. The molecule has 0 radical (unpaired) electrons. The van der Waals surface area contributed by atoms with Crippen molar-refractivity contribution in [3.63, 3.8) is 0 Å². The van der Waals surface area contributed by atoms with Crippen molar-refractivity contribution in [3.05, 3.63) is 59.0 Å². The van der Waals surface area contributed by atoms with Gasteiger partial charge >= 0.3 is 11.9 Å². The van der Waals surface area contributed by atoms with Crippen LogP contribution in [0.25, 0.3) is 11.1 Å². The third-order valence-corrected chi connectivity index (χ3v) is 5.76. The first-order valence-electron chi connectivity index (χ1n) is 10.5. The van der Waals surface area contributed by atoms with Crippen LogP contribution in [0.3, 0.4) is 0 Å². The summed E-state index contributed by atoms with van der Waals surface area (Å²) in [7, 11) is 4.24. The van der Waals surface area contributed by atoms with E-state index >= 15 is 0 Å². The predicted octanol–water partition coefficient (Wildman–Crippen LogP) is 4.41. The number of amides is 1. The minimum absolute atomic E-state index is 0.0626. The molecule has 3 rings (SSSR count). The molecule has 0 atom stereocenters. The summed E-state index contributed by atoms with van der Waals surface area (Å²) in [4.78, 5) is 37.9. The van der Waals surface area contributed by atoms with Crippen molar-refractivity contribution in [2.45, 2.75) is 6.92 Å². The second-order valence-electron chi connectivity index (χ2n) is 6.95. The Morgan fingerprint density at radius 1 is 0.857 bits per heavy atom. The first-order valence-corrected chi connectivity index (χ1v) is 11.4. The van der Waals surface area contributed by atoms with Gasteiger partial charge in [-0.1, -0.05) is 30.3 Å². The number of thiophene rings is 1. The summed E-state index contributed by atoms with van der Waals surface area (Å²) in [5.41, 5.74) is 1.74. The van der Waals surface area contributed by atoms with Crippen LogP contribution in [-0.4, -0.2) is 52.4 Å². The molecule has 35 heavy (non-hydrogen) atoms. The fraction of sp³-hybridized carbons (Fsp3) is 0.240. The number of carbonyl (C=O) groups excluding carboxylic acids is 3. The van der Waals surface area contributed by atoms with Crippen LogP contribution in [0.4, 0.5) is 5.00 Å². The lowest BCUT2D eigenvalue weighted by atomic mass is 10.0. The number of hydrogen-bond donors (Lipinski definition) is 1. The molecule has 1 aromatic heterocycles. The van der Waals surface area contributed by atoms with Crippen LogP contribution < -0.4 is 19.5 Å². The molecule has 0 saturated carbocycles. The normalized spacial score (nSPS) is 10.3. The van der Waals surface area contributed by atoms with Crippen LogP contribution in [0.1, 0.15) is 27.6 Å². The van der Waals surface area contributed by atoms with Gasteiger partial charge in [-0.2, -0.15) is 0 Å². The van der Waals surface area contributed by atoms with Crippen molar-refractivity contribution in [1.82, 2.24) is 0 Å². The minimum atomic E-state index is -0.792. The van der Waals surface area contributed by atoms with Gasteiger partial charge in [-0.3, -0.25) is 4.79 Å². The number of methoxy groups -OCH3 is 3. The molecule has 0 aliphatic carbocycles. The highest BCUT2D eigenvalue weighted by Crippen LogP contribution is 2.40. The maximum Gasteiger partial charge on any atom is 0.342 e. The minimum Gasteiger partial charge on any atom is -0.493 e. The van der Waals surface area contributed by atoms with Gasteiger partial charge in [0.25, 0.3) is 5.91 Å². The first kappa shape index (κ1) is 25.6. The molecule has 1 heterocycles. The second-order valence-corrected chi connectivity index (χ2v) is 7.83. The van der Waals surface area contributed by atoms with Crippen LogP contribution in [0.5, 0.6) is 17.2 Å². The Morgan fingerprint density at radius 2 is 1.57 bits per heavy atom. The molecular formula is C25H25NO8S. The number of nitrogens with one attached hydrogen (secondary N) is 1. The third-order valence-electron chi connectivity index (χ3n) is 4.87. The van der Waals surface area contributed by atoms with Crippen molar-refractivity contribution in [2.75, 3.05) is 39.9 Å². The Morgan fingerprint density at radius 3 is 2.20 bits per heavy atom. The van der Waals surface area contributed by atoms with E-state index in [-0.39, 0.29) is 29.2 Å². The van der Waals surface area contributed by atoms with E-state index in [9.17, 15) is 14.4 Å². The number of carbonyl (C=O) groups is 3. The second kappa shape index (κ2) is 11.9. The summed E-state index contributed by atoms with van der Waals surface area (Å²) in [6.07, 6.45) is 0. The van der Waals surface area contributed by atoms with Crippen molar-refractivity contribution >= 4 is 34.2 Å². The van der Waals surface area contributed by atoms with Crippen LogP contribution in [-0.2, 0) is 14.3 Å². The lowest BCUT2D eigenvalue weighted by molar-refractivity contribution is -0.119. The van der Waals surface area contributed by atoms with E-state index in [1.165, 1.54) is 44.8 Å². The monoisotopic (exact) mass is 499 g/mol. The Bertz CT molecular complexity index is 1210. The summed E-state index contributed by atoms with van der Waals surface area (Å²) in [5, 5.41) is 4.70. The van der Waals surface area contributed by atoms with Crippen LogP contribution in [0.2, 0.25) is 0 Å². The van der Waals surface area contributed by atoms with E-state index in [0.29, 0.717) is 16.3 Å². The van der Waals surface area contributed by atoms with E-state index < -0.39 is 24.5 Å². The molecule has 0 spiro atoms. The zero-order chi connectivity index (χ0) is 25.4. The van der Waals surface area contributed by atoms with Crippen LogP contribution in [0.15, 0.2) is 47.8 Å². The van der Waals surface area contributed by atoms with Gasteiger partial charge in [0.15, 0.2) is 18.1 Å². The predicted molar refractivity (Wildman–Crippen MR) is 131 cm³/mol. The number of anilines is 1. The fourth-order valence-corrected chi connectivity index (χ4v) is 4.29. The topological polar surface area (TPSA) is 109 Å². The highest BCUT2D eigenvalue weighted by Gasteiger charge is 2.25. The van der Waals surface area contributed by atoms with Gasteiger partial charge in [-0.15, -0.1) is 11.3 Å². The molecular weight excluding hydrogens is 474 g/mol. The SMILES string of the molecule is CCOC(=O)c1c(-c2ccccc2)csc1NC(=O)COC(=O)c1ccc(OC)c(OC)c1OC. The maximum atomic E-state index is 12.6. The van der Waals surface area contributed by atoms with Gasteiger partial charge in [-0.05, 0) is 24.6 Å². The molecule has 0 bridgehead atoms. The van der Waals surface area contributed by atoms with Crippen molar-refractivity contribution < 1.29 is 38.1 Å². The summed E-state index contributed by atoms with van der Waals surface area (Å²) < 4.78 is 26.1. The van der Waals surface area contributed by atoms with Crippen molar-refractivity contribution in [1.29, 1.82) is 0 Å². The van der Waals surface area contributed by atoms with Gasteiger partial charge in [-0.25, -0.2) is 9.59 Å². The molecule has 9 nitrogen and oxygen atoms in total. The Balaban J connectivity index is 1.77. The molecule has 184 valence electrons. The smallest absolute Gasteiger partial charge is 0.342 e. The zero-order valence-corrected chi connectivity index (χ0v) is 20.5. The number of esters is 2. The van der Waals surface area contributed by atoms with Crippen molar-refractivity contribution in [2.24, 2.45) is 0 Å². The highest BCUT2D eigenvalue weighted by molar-refractivity contribution is 7.15. The molecule has 1 N–H and O–H groups in total. The molecule has 0 aliphatic heterocycles. The van der Waals surface area contributed by atoms with E-state index in [0.717, 1.165) is 5.56 Å². The van der Waals surface area contributed by atoms with Gasteiger partial charge < -0.3 is 29.0 Å². The van der Waals surface area contributed by atoms with Gasteiger partial charge in [0.05, 0.1) is 27.9 Å². The maximum absolute atomic E-state index is 12.6. The van der Waals surface area contributed by atoms with E-state index in [4.69, 9.17) is 23.7 Å².